The lowest BCUT2D eigenvalue weighted by atomic mass is 9.73. The molecule has 2 aliphatic rings. The molecule has 1 aliphatic heterocycles. The summed E-state index contributed by atoms with van der Waals surface area (Å²) in [6.07, 6.45) is 9.69. The Kier molecular flexibility index (Phi) is 5.36. The number of nitrogens with one attached hydrogen (secondary N) is 1. The monoisotopic (exact) mass is 306 g/mol. The molecule has 1 aromatic rings. The highest BCUT2D eigenvalue weighted by atomic mass is 32.1. The summed E-state index contributed by atoms with van der Waals surface area (Å²) in [5, 5.41) is 6.00. The lowest BCUT2D eigenvalue weighted by molar-refractivity contribution is 0.0948. The van der Waals surface area contributed by atoms with Gasteiger partial charge in [0, 0.05) is 31.1 Å². The topological polar surface area (TPSA) is 15.3 Å². The molecular weight excluding hydrogens is 276 g/mol. The molecular formula is C18H30N2S. The summed E-state index contributed by atoms with van der Waals surface area (Å²) in [6, 6.07) is 2.34. The van der Waals surface area contributed by atoms with E-state index in [-0.39, 0.29) is 0 Å². The van der Waals surface area contributed by atoms with Crippen LogP contribution in [-0.4, -0.2) is 31.1 Å². The molecule has 118 valence electrons. The van der Waals surface area contributed by atoms with E-state index in [4.69, 9.17) is 0 Å². The Morgan fingerprint density at radius 1 is 1.29 bits per heavy atom. The normalized spacial score (nSPS) is 22.1. The van der Waals surface area contributed by atoms with Gasteiger partial charge in [-0.2, -0.15) is 0 Å². The lowest BCUT2D eigenvalue weighted by Crippen LogP contribution is -2.46. The summed E-state index contributed by atoms with van der Waals surface area (Å²) in [5.74, 6) is 0. The van der Waals surface area contributed by atoms with E-state index < -0.39 is 0 Å². The van der Waals surface area contributed by atoms with Crippen molar-refractivity contribution >= 4 is 11.3 Å². The first-order valence-electron chi connectivity index (χ1n) is 8.80. The summed E-state index contributed by atoms with van der Waals surface area (Å²) in [5.41, 5.74) is 2.14. The number of fused-ring (bicyclic) bond motifs is 1. The molecule has 1 N–H and O–H groups in total. The van der Waals surface area contributed by atoms with Gasteiger partial charge in [0.1, 0.15) is 0 Å². The number of thiophene rings is 1. The Balaban J connectivity index is 1.61. The van der Waals surface area contributed by atoms with Crippen LogP contribution < -0.4 is 5.32 Å². The van der Waals surface area contributed by atoms with E-state index in [2.05, 4.69) is 28.6 Å². The van der Waals surface area contributed by atoms with E-state index in [0.717, 1.165) is 0 Å². The van der Waals surface area contributed by atoms with E-state index in [9.17, 15) is 0 Å². The van der Waals surface area contributed by atoms with Crippen LogP contribution in [0.25, 0.3) is 0 Å². The maximum Gasteiger partial charge on any atom is 0.0245 e. The fraction of sp³-hybridized carbons (Fsp3) is 0.778. The third-order valence-electron chi connectivity index (χ3n) is 5.29. The van der Waals surface area contributed by atoms with E-state index in [1.807, 2.05) is 11.3 Å². The van der Waals surface area contributed by atoms with Crippen molar-refractivity contribution in [1.82, 2.24) is 10.2 Å². The van der Waals surface area contributed by atoms with E-state index in [1.165, 1.54) is 77.7 Å². The van der Waals surface area contributed by atoms with Gasteiger partial charge in [0.25, 0.3) is 0 Å². The van der Waals surface area contributed by atoms with Crippen LogP contribution >= 0.6 is 11.3 Å². The van der Waals surface area contributed by atoms with Crippen molar-refractivity contribution in [2.45, 2.75) is 58.4 Å². The summed E-state index contributed by atoms with van der Waals surface area (Å²) in [7, 11) is 0. The first kappa shape index (κ1) is 15.5. The second-order valence-electron chi connectivity index (χ2n) is 7.07. The summed E-state index contributed by atoms with van der Waals surface area (Å²) in [4.78, 5) is 4.36. The Hall–Kier alpha value is -0.380. The number of hydrogen-bond acceptors (Lipinski definition) is 3. The van der Waals surface area contributed by atoms with Crippen molar-refractivity contribution < 1.29 is 0 Å². The summed E-state index contributed by atoms with van der Waals surface area (Å²) in [6.45, 7) is 8.43. The SMILES string of the molecule is CCCNCC1(CN2CCc3sccc3C2)CCCCC1. The third-order valence-corrected chi connectivity index (χ3v) is 6.31. The molecule has 0 unspecified atom stereocenters. The predicted molar refractivity (Wildman–Crippen MR) is 92.0 cm³/mol. The van der Waals surface area contributed by atoms with Crippen molar-refractivity contribution in [3.05, 3.63) is 21.9 Å². The maximum atomic E-state index is 3.72. The average molecular weight is 307 g/mol. The van der Waals surface area contributed by atoms with Crippen molar-refractivity contribution in [3.63, 3.8) is 0 Å². The summed E-state index contributed by atoms with van der Waals surface area (Å²) < 4.78 is 0. The van der Waals surface area contributed by atoms with Crippen molar-refractivity contribution in [3.8, 4) is 0 Å². The minimum Gasteiger partial charge on any atom is -0.316 e. The van der Waals surface area contributed by atoms with Crippen LogP contribution in [0, 0.1) is 5.41 Å². The highest BCUT2D eigenvalue weighted by molar-refractivity contribution is 7.10. The van der Waals surface area contributed by atoms with Crippen LogP contribution in [0.1, 0.15) is 55.9 Å². The molecule has 0 spiro atoms. The number of nitrogens with zero attached hydrogens (tertiary/aromatic N) is 1. The third kappa shape index (κ3) is 3.88. The highest BCUT2D eigenvalue weighted by Gasteiger charge is 2.34. The average Bonchev–Trinajstić information content (AvgIpc) is 2.96. The van der Waals surface area contributed by atoms with Gasteiger partial charge in [0.05, 0.1) is 0 Å². The van der Waals surface area contributed by atoms with Gasteiger partial charge in [-0.15, -0.1) is 11.3 Å². The molecule has 0 saturated heterocycles. The first-order chi connectivity index (χ1) is 10.3. The molecule has 0 radical (unpaired) electrons. The molecule has 0 bridgehead atoms. The molecule has 2 nitrogen and oxygen atoms in total. The largest absolute Gasteiger partial charge is 0.316 e. The number of rotatable bonds is 6. The summed E-state index contributed by atoms with van der Waals surface area (Å²) >= 11 is 1.95. The minimum atomic E-state index is 0.543. The fourth-order valence-corrected chi connectivity index (χ4v) is 5.03. The molecule has 21 heavy (non-hydrogen) atoms. The quantitative estimate of drug-likeness (QED) is 0.797. The van der Waals surface area contributed by atoms with Gasteiger partial charge in [-0.3, -0.25) is 4.90 Å². The molecule has 1 fully saturated rings. The van der Waals surface area contributed by atoms with Crippen LogP contribution in [0.4, 0.5) is 0 Å². The zero-order chi connectivity index (χ0) is 14.5. The van der Waals surface area contributed by atoms with Gasteiger partial charge in [-0.25, -0.2) is 0 Å². The Bertz CT molecular complexity index is 434. The van der Waals surface area contributed by atoms with Gasteiger partial charge < -0.3 is 5.32 Å². The molecule has 0 aromatic carbocycles. The van der Waals surface area contributed by atoms with Gasteiger partial charge >= 0.3 is 0 Å². The molecule has 2 heterocycles. The van der Waals surface area contributed by atoms with Gasteiger partial charge in [-0.05, 0) is 54.7 Å². The smallest absolute Gasteiger partial charge is 0.0245 e. The van der Waals surface area contributed by atoms with Crippen molar-refractivity contribution in [2.75, 3.05) is 26.2 Å². The minimum absolute atomic E-state index is 0.543. The molecule has 1 aromatic heterocycles. The fourth-order valence-electron chi connectivity index (χ4n) is 4.14. The molecule has 1 saturated carbocycles. The number of hydrogen-bond donors (Lipinski definition) is 1. The van der Waals surface area contributed by atoms with E-state index in [0.29, 0.717) is 5.41 Å². The van der Waals surface area contributed by atoms with Crippen LogP contribution in [-0.2, 0) is 13.0 Å². The highest BCUT2D eigenvalue weighted by Crippen LogP contribution is 2.38. The predicted octanol–water partition coefficient (Wildman–Crippen LogP) is 4.06. The van der Waals surface area contributed by atoms with Gasteiger partial charge in [-0.1, -0.05) is 26.2 Å². The van der Waals surface area contributed by atoms with Crippen LogP contribution in [0.3, 0.4) is 0 Å². The first-order valence-corrected chi connectivity index (χ1v) is 9.68. The Morgan fingerprint density at radius 3 is 2.95 bits per heavy atom. The standard InChI is InChI=1S/C18H30N2S/c1-2-10-19-14-18(8-4-3-5-9-18)15-20-11-6-17-16(13-20)7-12-21-17/h7,12,19H,2-6,8-11,13-15H2,1H3. The Labute approximate surface area is 133 Å². The van der Waals surface area contributed by atoms with Crippen molar-refractivity contribution in [2.24, 2.45) is 5.41 Å². The van der Waals surface area contributed by atoms with Crippen LogP contribution in [0.5, 0.6) is 0 Å². The maximum absolute atomic E-state index is 3.72. The molecule has 3 heteroatoms. The molecule has 1 aliphatic carbocycles. The van der Waals surface area contributed by atoms with E-state index >= 15 is 0 Å². The second kappa shape index (κ2) is 7.26. The van der Waals surface area contributed by atoms with Gasteiger partial charge in [0.2, 0.25) is 0 Å². The Morgan fingerprint density at radius 2 is 2.14 bits per heavy atom. The molecule has 3 rings (SSSR count). The zero-order valence-electron chi connectivity index (χ0n) is 13.5. The second-order valence-corrected chi connectivity index (χ2v) is 8.07. The van der Waals surface area contributed by atoms with Crippen LogP contribution in [0.2, 0.25) is 0 Å². The molecule has 0 atom stereocenters. The van der Waals surface area contributed by atoms with E-state index in [1.54, 1.807) is 10.4 Å². The van der Waals surface area contributed by atoms with Gasteiger partial charge in [0.15, 0.2) is 0 Å². The zero-order valence-corrected chi connectivity index (χ0v) is 14.3. The van der Waals surface area contributed by atoms with Crippen molar-refractivity contribution in [1.29, 1.82) is 0 Å². The molecule has 0 amide bonds. The van der Waals surface area contributed by atoms with Crippen LogP contribution in [0.15, 0.2) is 11.4 Å². The lowest BCUT2D eigenvalue weighted by Gasteiger charge is -2.42.